The van der Waals surface area contributed by atoms with E-state index in [0.717, 1.165) is 54.0 Å². The van der Waals surface area contributed by atoms with Crippen LogP contribution in [0.3, 0.4) is 0 Å². The molecule has 0 amide bonds. The second-order valence-electron chi connectivity index (χ2n) is 9.35. The molecule has 0 aliphatic rings. The predicted molar refractivity (Wildman–Crippen MR) is 151 cm³/mol. The smallest absolute Gasteiger partial charge is 0.366 e. The Morgan fingerprint density at radius 1 is 0.769 bits per heavy atom. The molecular weight excluding hydrogens is 494 g/mol. The second kappa shape index (κ2) is 15.0. The number of unbranched alkanes of at least 4 members (excludes halogenated alkanes) is 5. The molecule has 4 rings (SSSR count). The summed E-state index contributed by atoms with van der Waals surface area (Å²) in [5, 5.41) is 15.8. The lowest BCUT2D eigenvalue weighted by Crippen LogP contribution is -2.31. The Balaban J connectivity index is 1.16. The minimum absolute atomic E-state index is 0.349. The fourth-order valence-electron chi connectivity index (χ4n) is 4.37. The first kappa shape index (κ1) is 28.3. The average molecular weight is 532 g/mol. The Bertz CT molecular complexity index is 1300. The Labute approximate surface area is 229 Å². The SMILES string of the molecule is CCOCCOCCCCCCCCOc1ccc(-c2ccc(C(=O)n3n[n+]([O-])c4ccccc43)cc2)cc1. The second-order valence-corrected chi connectivity index (χ2v) is 9.35. The zero-order valence-electron chi connectivity index (χ0n) is 22.6. The first-order valence-electron chi connectivity index (χ1n) is 13.8. The summed E-state index contributed by atoms with van der Waals surface area (Å²) in [6, 6.07) is 22.1. The summed E-state index contributed by atoms with van der Waals surface area (Å²) >= 11 is 0. The molecule has 0 unspecified atom stereocenters. The van der Waals surface area contributed by atoms with Gasteiger partial charge in [0.2, 0.25) is 11.0 Å². The zero-order chi connectivity index (χ0) is 27.3. The molecule has 0 saturated carbocycles. The Morgan fingerprint density at radius 2 is 1.38 bits per heavy atom. The molecule has 0 atom stereocenters. The molecular formula is C31H37N3O5. The van der Waals surface area contributed by atoms with Gasteiger partial charge in [-0.2, -0.15) is 0 Å². The third-order valence-electron chi connectivity index (χ3n) is 6.53. The molecule has 8 nitrogen and oxygen atoms in total. The lowest BCUT2D eigenvalue weighted by Gasteiger charge is -2.08. The van der Waals surface area contributed by atoms with Gasteiger partial charge in [0.05, 0.1) is 25.4 Å². The molecule has 39 heavy (non-hydrogen) atoms. The molecule has 0 aliphatic carbocycles. The molecule has 1 aromatic heterocycles. The fourth-order valence-corrected chi connectivity index (χ4v) is 4.37. The van der Waals surface area contributed by atoms with Crippen LogP contribution in [0.4, 0.5) is 0 Å². The summed E-state index contributed by atoms with van der Waals surface area (Å²) in [5.41, 5.74) is 3.31. The molecule has 0 spiro atoms. The van der Waals surface area contributed by atoms with Crippen LogP contribution in [0.5, 0.6) is 5.75 Å². The highest BCUT2D eigenvalue weighted by Crippen LogP contribution is 2.23. The van der Waals surface area contributed by atoms with Crippen LogP contribution in [0, 0.1) is 5.21 Å². The monoisotopic (exact) mass is 531 g/mol. The van der Waals surface area contributed by atoms with E-state index in [9.17, 15) is 10.0 Å². The van der Waals surface area contributed by atoms with Crippen molar-refractivity contribution in [3.63, 3.8) is 0 Å². The van der Waals surface area contributed by atoms with Gasteiger partial charge in [0.25, 0.3) is 0 Å². The molecule has 4 aromatic rings. The van der Waals surface area contributed by atoms with Crippen LogP contribution in [0.1, 0.15) is 55.8 Å². The van der Waals surface area contributed by atoms with Gasteiger partial charge in [-0.05, 0) is 67.3 Å². The van der Waals surface area contributed by atoms with Crippen molar-refractivity contribution in [2.24, 2.45) is 0 Å². The van der Waals surface area contributed by atoms with Crippen molar-refractivity contribution in [1.82, 2.24) is 9.90 Å². The van der Waals surface area contributed by atoms with Crippen LogP contribution in [0.2, 0.25) is 0 Å². The van der Waals surface area contributed by atoms with Gasteiger partial charge in [0.1, 0.15) is 11.0 Å². The van der Waals surface area contributed by atoms with Gasteiger partial charge in [-0.3, -0.25) is 0 Å². The number of fused-ring (bicyclic) bond motifs is 1. The summed E-state index contributed by atoms with van der Waals surface area (Å²) in [4.78, 5) is 13.4. The zero-order valence-corrected chi connectivity index (χ0v) is 22.6. The van der Waals surface area contributed by atoms with Crippen LogP contribution in [0.15, 0.2) is 72.8 Å². The van der Waals surface area contributed by atoms with Crippen LogP contribution >= 0.6 is 0 Å². The van der Waals surface area contributed by atoms with Crippen molar-refractivity contribution in [3.8, 4) is 16.9 Å². The molecule has 1 heterocycles. The summed E-state index contributed by atoms with van der Waals surface area (Å²) in [6.07, 6.45) is 6.96. The largest absolute Gasteiger partial charge is 0.691 e. The Morgan fingerprint density at radius 3 is 2.10 bits per heavy atom. The van der Waals surface area contributed by atoms with E-state index in [1.165, 1.54) is 19.3 Å². The maximum atomic E-state index is 13.0. The summed E-state index contributed by atoms with van der Waals surface area (Å²) in [5.74, 6) is 0.504. The van der Waals surface area contributed by atoms with E-state index in [2.05, 4.69) is 5.21 Å². The van der Waals surface area contributed by atoms with Gasteiger partial charge in [-0.1, -0.05) is 66.8 Å². The lowest BCUT2D eigenvalue weighted by molar-refractivity contribution is -0.645. The number of benzene rings is 3. The first-order chi connectivity index (χ1) is 19.2. The number of carbonyl (C=O) groups is 1. The maximum Gasteiger partial charge on any atom is 0.366 e. The Hall–Kier alpha value is -3.75. The fraction of sp³-hybridized carbons (Fsp3) is 0.387. The number of rotatable bonds is 16. The molecule has 0 saturated heterocycles. The number of ether oxygens (including phenoxy) is 3. The van der Waals surface area contributed by atoms with Crippen molar-refractivity contribution >= 4 is 16.9 Å². The highest BCUT2D eigenvalue weighted by atomic mass is 16.5. The van der Waals surface area contributed by atoms with Gasteiger partial charge < -0.3 is 19.4 Å². The van der Waals surface area contributed by atoms with E-state index in [1.54, 1.807) is 36.4 Å². The van der Waals surface area contributed by atoms with Gasteiger partial charge >= 0.3 is 5.91 Å². The van der Waals surface area contributed by atoms with E-state index in [-0.39, 0.29) is 5.91 Å². The average Bonchev–Trinajstić information content (AvgIpc) is 3.32. The topological polar surface area (TPSA) is 89.5 Å². The van der Waals surface area contributed by atoms with E-state index in [4.69, 9.17) is 14.2 Å². The van der Waals surface area contributed by atoms with Gasteiger partial charge in [0.15, 0.2) is 0 Å². The van der Waals surface area contributed by atoms with Crippen molar-refractivity contribution in [2.45, 2.75) is 45.4 Å². The van der Waals surface area contributed by atoms with Crippen molar-refractivity contribution in [2.75, 3.05) is 33.0 Å². The normalized spacial score (nSPS) is 11.2. The van der Waals surface area contributed by atoms with Crippen molar-refractivity contribution in [1.29, 1.82) is 0 Å². The number of carbonyl (C=O) groups excluding carboxylic acids is 1. The molecule has 0 fully saturated rings. The number of nitrogens with zero attached hydrogens (tertiary/aromatic N) is 3. The van der Waals surface area contributed by atoms with Crippen molar-refractivity contribution < 1.29 is 23.9 Å². The molecule has 3 aromatic carbocycles. The molecule has 0 N–H and O–H groups in total. The minimum atomic E-state index is -0.349. The van der Waals surface area contributed by atoms with Gasteiger partial charge in [-0.15, -0.1) is 4.85 Å². The van der Waals surface area contributed by atoms with E-state index in [0.29, 0.717) is 41.3 Å². The lowest BCUT2D eigenvalue weighted by atomic mass is 10.0. The summed E-state index contributed by atoms with van der Waals surface area (Å²) in [7, 11) is 0. The van der Waals surface area contributed by atoms with Crippen molar-refractivity contribution in [3.05, 3.63) is 83.6 Å². The summed E-state index contributed by atoms with van der Waals surface area (Å²) < 4.78 is 17.8. The van der Waals surface area contributed by atoms with E-state index >= 15 is 0 Å². The van der Waals surface area contributed by atoms with E-state index in [1.807, 2.05) is 43.3 Å². The van der Waals surface area contributed by atoms with Gasteiger partial charge in [-0.25, -0.2) is 4.79 Å². The summed E-state index contributed by atoms with van der Waals surface area (Å²) in [6.45, 7) is 5.64. The maximum absolute atomic E-state index is 13.0. The molecule has 0 bridgehead atoms. The van der Waals surface area contributed by atoms with Crippen LogP contribution in [-0.4, -0.2) is 48.8 Å². The Kier molecular flexibility index (Phi) is 10.9. The molecule has 8 heteroatoms. The predicted octanol–water partition coefficient (Wildman–Crippen LogP) is 5.80. The third kappa shape index (κ3) is 8.12. The van der Waals surface area contributed by atoms with Crippen LogP contribution in [-0.2, 0) is 9.47 Å². The number of aromatic nitrogens is 3. The minimum Gasteiger partial charge on any atom is -0.691 e. The number of hydrogen-bond donors (Lipinski definition) is 0. The quantitative estimate of drug-likeness (QED) is 0.103. The molecule has 0 radical (unpaired) electrons. The van der Waals surface area contributed by atoms with Crippen LogP contribution < -0.4 is 9.58 Å². The van der Waals surface area contributed by atoms with E-state index < -0.39 is 0 Å². The first-order valence-corrected chi connectivity index (χ1v) is 13.8. The highest BCUT2D eigenvalue weighted by Gasteiger charge is 2.22. The third-order valence-corrected chi connectivity index (χ3v) is 6.53. The molecule has 206 valence electrons. The number of hydrogen-bond acceptors (Lipinski definition) is 6. The standard InChI is InChI=1S/C31H37N3O5/c1-2-37-23-24-38-21-9-5-3-4-6-10-22-39-28-19-17-26(18-20-28)25-13-15-27(16-14-25)31(35)33-29-11-7-8-12-30(29)34(36)32-33/h7-8,11-20H,2-6,9-10,21-24H2,1H3. The molecule has 0 aliphatic heterocycles. The van der Waals surface area contributed by atoms with Crippen LogP contribution in [0.25, 0.3) is 22.2 Å². The van der Waals surface area contributed by atoms with Gasteiger partial charge in [0, 0.05) is 13.2 Å². The highest BCUT2D eigenvalue weighted by molar-refractivity contribution is 5.99. The number of para-hydroxylation sites is 2.